The van der Waals surface area contributed by atoms with Gasteiger partial charge in [0.05, 0.1) is 54.2 Å². The summed E-state index contributed by atoms with van der Waals surface area (Å²) in [6.45, 7) is 12.2. The van der Waals surface area contributed by atoms with Crippen LogP contribution >= 0.6 is 0 Å². The van der Waals surface area contributed by atoms with E-state index in [9.17, 15) is 40.2 Å². The Balaban J connectivity index is 0.814. The van der Waals surface area contributed by atoms with Crippen molar-refractivity contribution in [1.82, 2.24) is 0 Å². The van der Waals surface area contributed by atoms with Crippen LogP contribution in [0.2, 0.25) is 0 Å². The molecule has 8 aliphatic rings. The maximum absolute atomic E-state index is 13.8. The molecular formula is C56H84O21. The highest BCUT2D eigenvalue weighted by Crippen LogP contribution is 2.71. The number of ketones is 1. The van der Waals surface area contributed by atoms with Crippen LogP contribution in [0, 0.1) is 16.7 Å². The topological polar surface area (TPSA) is 276 Å². The summed E-state index contributed by atoms with van der Waals surface area (Å²) >= 11 is 0. The Kier molecular flexibility index (Phi) is 17.2. The first-order valence-electron chi connectivity index (χ1n) is 27.5. The van der Waals surface area contributed by atoms with Crippen LogP contribution in [0.1, 0.15) is 123 Å². The summed E-state index contributed by atoms with van der Waals surface area (Å²) < 4.78 is 80.9. The lowest BCUT2D eigenvalue weighted by Crippen LogP contribution is -2.78. The fourth-order valence-electron chi connectivity index (χ4n) is 15.0. The molecule has 4 heterocycles. The van der Waals surface area contributed by atoms with Gasteiger partial charge in [0.25, 0.3) is 0 Å². The number of benzene rings is 1. The van der Waals surface area contributed by atoms with E-state index < -0.39 is 156 Å². The smallest absolute Gasteiger partial charge is 0.342 e. The predicted molar refractivity (Wildman–Crippen MR) is 269 cm³/mol. The van der Waals surface area contributed by atoms with Crippen LogP contribution in [0.5, 0.6) is 5.75 Å². The number of carbonyl (C=O) groups is 2. The molecule has 0 aromatic heterocycles. The normalized spacial score (nSPS) is 49.0. The van der Waals surface area contributed by atoms with E-state index in [0.717, 1.165) is 5.57 Å². The van der Waals surface area contributed by atoms with Crippen molar-refractivity contribution in [3.05, 3.63) is 41.5 Å². The number of aliphatic hydroxyl groups is 5. The van der Waals surface area contributed by atoms with Crippen LogP contribution < -0.4 is 0 Å². The molecule has 1 aromatic rings. The van der Waals surface area contributed by atoms with Gasteiger partial charge in [-0.15, -0.1) is 0 Å². The third kappa shape index (κ3) is 10.1. The number of esters is 1. The van der Waals surface area contributed by atoms with Crippen LogP contribution in [0.4, 0.5) is 0 Å². The number of phenolic OH excluding ortho intramolecular Hbond substituents is 1. The molecule has 21 heteroatoms. The third-order valence-electron chi connectivity index (χ3n) is 19.6. The van der Waals surface area contributed by atoms with E-state index >= 15 is 0 Å². The summed E-state index contributed by atoms with van der Waals surface area (Å²) in [5.41, 5.74) is -7.50. The average molecular weight is 1090 g/mol. The molecule has 0 spiro atoms. The first-order chi connectivity index (χ1) is 36.4. The second-order valence-electron chi connectivity index (χ2n) is 23.5. The van der Waals surface area contributed by atoms with Crippen LogP contribution in [0.15, 0.2) is 35.9 Å². The Labute approximate surface area is 451 Å². The number of hydrogen-bond acceptors (Lipinski definition) is 21. The maximum Gasteiger partial charge on any atom is 0.342 e. The zero-order chi connectivity index (χ0) is 55.7. The van der Waals surface area contributed by atoms with Crippen molar-refractivity contribution < 1.29 is 102 Å². The number of methoxy groups -OCH3 is 4. The molecule has 0 radical (unpaired) electrons. The second-order valence-corrected chi connectivity index (χ2v) is 23.5. The Morgan fingerprint density at radius 2 is 1.19 bits per heavy atom. The quantitative estimate of drug-likeness (QED) is 0.108. The molecule has 3 saturated carbocycles. The van der Waals surface area contributed by atoms with E-state index in [4.69, 9.17) is 61.6 Å². The average Bonchev–Trinajstić information content (AvgIpc) is 3.74. The molecule has 4 aliphatic carbocycles. The standard InChI is InChI=1S/C56H84O21/c1-27-44(59)49(68-11)45(60)51(72-27)77-48-30(4)71-43(25-38(48)67-10)76-47-29(3)70-42(24-37(47)66-9)75-46-28(2)69-41(23-36(46)65-8)73-33-17-18-52(6)32(22-33)16-19-55(63)39(52)26-40(74-50(61)34-14-12-13-15-35(34)58)53(7)54(62,31(5)57)20-21-56(53,55)64/h12-16,27-30,33,36-49,51,58-60,62-64H,17-26H2,1-11H3/t27-,28-,29-,30-,33+,36+,37+,38+,39-,40-,41+,42+,43+,44-,45-,46-,47-,48-,49+,51+,52+,53-,54-,55+,56-/m1/s1. The Bertz CT molecular complexity index is 2290. The number of fused-ring (bicyclic) bond motifs is 5. The summed E-state index contributed by atoms with van der Waals surface area (Å²) in [6, 6.07) is 5.95. The van der Waals surface area contributed by atoms with Crippen molar-refractivity contribution in [2.75, 3.05) is 28.4 Å². The minimum Gasteiger partial charge on any atom is -0.507 e. The van der Waals surface area contributed by atoms with Crippen LogP contribution in [0.25, 0.3) is 0 Å². The van der Waals surface area contributed by atoms with Crippen molar-refractivity contribution in [2.45, 2.75) is 246 Å². The summed E-state index contributed by atoms with van der Waals surface area (Å²) in [6.07, 6.45) is -8.69. The third-order valence-corrected chi connectivity index (χ3v) is 19.6. The first-order valence-corrected chi connectivity index (χ1v) is 27.5. The molecule has 0 amide bonds. The molecule has 21 nitrogen and oxygen atoms in total. The van der Waals surface area contributed by atoms with Gasteiger partial charge in [-0.2, -0.15) is 0 Å². The predicted octanol–water partition coefficient (Wildman–Crippen LogP) is 3.51. The Hall–Kier alpha value is -2.78. The Morgan fingerprint density at radius 3 is 1.73 bits per heavy atom. The lowest BCUT2D eigenvalue weighted by atomic mass is 9.42. The molecule has 0 bridgehead atoms. The fraction of sp³-hybridized carbons (Fsp3) is 0.821. The lowest BCUT2D eigenvalue weighted by molar-refractivity contribution is -0.356. The number of aliphatic hydroxyl groups excluding tert-OH is 2. The second kappa shape index (κ2) is 22.5. The number of ether oxygens (including phenoxy) is 13. The van der Waals surface area contributed by atoms with Gasteiger partial charge in [-0.25, -0.2) is 4.79 Å². The molecule has 7 fully saturated rings. The van der Waals surface area contributed by atoms with Gasteiger partial charge in [0.15, 0.2) is 30.9 Å². The minimum absolute atomic E-state index is 0.0410. The lowest BCUT2D eigenvalue weighted by Gasteiger charge is -2.67. The summed E-state index contributed by atoms with van der Waals surface area (Å²) in [7, 11) is 6.21. The fourth-order valence-corrected chi connectivity index (χ4v) is 15.0. The Morgan fingerprint density at radius 1 is 0.649 bits per heavy atom. The van der Waals surface area contributed by atoms with Crippen molar-refractivity contribution in [2.24, 2.45) is 16.7 Å². The van der Waals surface area contributed by atoms with E-state index in [1.54, 1.807) is 40.4 Å². The number of hydrogen-bond donors (Lipinski definition) is 6. The van der Waals surface area contributed by atoms with E-state index in [1.165, 1.54) is 33.1 Å². The van der Waals surface area contributed by atoms with Crippen molar-refractivity contribution in [1.29, 1.82) is 0 Å². The highest BCUT2D eigenvalue weighted by atomic mass is 16.8. The first kappa shape index (κ1) is 58.9. The van der Waals surface area contributed by atoms with Gasteiger partial charge < -0.3 is 92.2 Å². The van der Waals surface area contributed by atoms with Gasteiger partial charge in [0.2, 0.25) is 0 Å². The largest absolute Gasteiger partial charge is 0.507 e. The summed E-state index contributed by atoms with van der Waals surface area (Å²) in [4.78, 5) is 27.1. The van der Waals surface area contributed by atoms with Crippen molar-refractivity contribution in [3.8, 4) is 5.75 Å². The molecule has 4 saturated heterocycles. The van der Waals surface area contributed by atoms with E-state index in [-0.39, 0.29) is 49.5 Å². The van der Waals surface area contributed by atoms with Gasteiger partial charge in [0.1, 0.15) is 70.8 Å². The van der Waals surface area contributed by atoms with Crippen LogP contribution in [-0.4, -0.2) is 204 Å². The molecular weight excluding hydrogens is 1010 g/mol. The minimum atomic E-state index is -2.11. The number of phenols is 1. The molecule has 77 heavy (non-hydrogen) atoms. The summed E-state index contributed by atoms with van der Waals surface area (Å²) in [5.74, 6) is -2.41. The number of aromatic hydroxyl groups is 1. The number of Topliss-reactive ketones (excluding diaryl/α,β-unsaturated/α-hetero) is 1. The SMILES string of the molecule is CO[C@@H]1[C@@H](O)[C@H](O[C@H]2[C@@H](OC)C[C@H](O[C@H]3[C@@H](OC)C[C@H](O[C@H]4[C@@H](OC)C[C@H](O[C@H]5CC[C@@]6(C)C(=CC[C@]7(O)[C@@H]6C[C@@H](OC(=O)c6ccccc6O)[C@@]6(C)[C@]7(O)CC[C@@]6(O)C(C)=O)C5)O[C@@H]4C)O[C@@H]3C)O[C@@H]2C)O[C@H](C)[C@H]1O. The van der Waals surface area contributed by atoms with Crippen molar-refractivity contribution in [3.63, 3.8) is 0 Å². The molecule has 0 unspecified atom stereocenters. The van der Waals surface area contributed by atoms with Gasteiger partial charge in [-0.3, -0.25) is 4.79 Å². The van der Waals surface area contributed by atoms with E-state index in [2.05, 4.69) is 6.92 Å². The van der Waals surface area contributed by atoms with Gasteiger partial charge in [-0.05, 0) is 104 Å². The van der Waals surface area contributed by atoms with E-state index in [1.807, 2.05) is 26.8 Å². The molecule has 9 rings (SSSR count). The number of carbonyl (C=O) groups excluding carboxylic acids is 2. The molecule has 6 N–H and O–H groups in total. The van der Waals surface area contributed by atoms with Gasteiger partial charge in [0, 0.05) is 53.6 Å². The molecule has 25 atom stereocenters. The number of rotatable bonds is 15. The van der Waals surface area contributed by atoms with Crippen molar-refractivity contribution >= 4 is 11.8 Å². The van der Waals surface area contributed by atoms with Gasteiger partial charge >= 0.3 is 5.97 Å². The highest BCUT2D eigenvalue weighted by molar-refractivity contribution is 5.93. The van der Waals surface area contributed by atoms with Crippen LogP contribution in [-0.2, 0) is 66.4 Å². The zero-order valence-electron chi connectivity index (χ0n) is 46.3. The van der Waals surface area contributed by atoms with E-state index in [0.29, 0.717) is 32.1 Å². The zero-order valence-corrected chi connectivity index (χ0v) is 46.3. The molecule has 4 aliphatic heterocycles. The maximum atomic E-state index is 13.8. The number of para-hydroxylation sites is 1. The highest BCUT2D eigenvalue weighted by Gasteiger charge is 2.81. The van der Waals surface area contributed by atoms with Gasteiger partial charge in [-0.1, -0.05) is 30.7 Å². The monoisotopic (exact) mass is 1090 g/mol. The molecule has 1 aromatic carbocycles. The molecule has 434 valence electrons. The summed E-state index contributed by atoms with van der Waals surface area (Å²) in [5, 5.41) is 70.0. The van der Waals surface area contributed by atoms with Crippen LogP contribution in [0.3, 0.4) is 0 Å².